The molecular formula is C12H18N2O2. The van der Waals surface area contributed by atoms with Gasteiger partial charge >= 0.3 is 0 Å². The third-order valence-electron chi connectivity index (χ3n) is 2.80. The van der Waals surface area contributed by atoms with Crippen LogP contribution in [-0.2, 0) is 6.54 Å². The Morgan fingerprint density at radius 2 is 2.06 bits per heavy atom. The monoisotopic (exact) mass is 222 g/mol. The fourth-order valence-electron chi connectivity index (χ4n) is 1.98. The summed E-state index contributed by atoms with van der Waals surface area (Å²) in [4.78, 5) is 2.37. The number of hydrogen-bond acceptors (Lipinski definition) is 4. The number of methoxy groups -OCH3 is 1. The van der Waals surface area contributed by atoms with Crippen molar-refractivity contribution in [3.63, 3.8) is 0 Å². The van der Waals surface area contributed by atoms with Gasteiger partial charge in [-0.05, 0) is 17.7 Å². The highest BCUT2D eigenvalue weighted by Gasteiger charge is 2.10. The summed E-state index contributed by atoms with van der Waals surface area (Å²) in [5, 5.41) is 12.9. The minimum atomic E-state index is 0.268. The molecule has 2 N–H and O–H groups in total. The molecule has 0 spiro atoms. The summed E-state index contributed by atoms with van der Waals surface area (Å²) in [7, 11) is 1.61. The number of phenols is 1. The molecule has 2 rings (SSSR count). The molecule has 88 valence electrons. The molecule has 0 unspecified atom stereocenters. The number of nitrogens with one attached hydrogen (secondary N) is 1. The van der Waals surface area contributed by atoms with Crippen molar-refractivity contribution in [3.05, 3.63) is 23.8 Å². The van der Waals surface area contributed by atoms with Crippen LogP contribution in [0.3, 0.4) is 0 Å². The first kappa shape index (κ1) is 11.2. The zero-order valence-corrected chi connectivity index (χ0v) is 9.57. The normalized spacial score (nSPS) is 17.3. The van der Waals surface area contributed by atoms with E-state index >= 15 is 0 Å². The summed E-state index contributed by atoms with van der Waals surface area (Å²) in [5.74, 6) is 0.981. The zero-order valence-electron chi connectivity index (χ0n) is 9.57. The summed E-state index contributed by atoms with van der Waals surface area (Å²) < 4.78 is 5.13. The van der Waals surface area contributed by atoms with E-state index in [4.69, 9.17) is 4.74 Å². The average Bonchev–Trinajstić information content (AvgIpc) is 2.29. The van der Waals surface area contributed by atoms with Crippen LogP contribution in [0.1, 0.15) is 5.56 Å². The second-order valence-electron chi connectivity index (χ2n) is 4.07. The van der Waals surface area contributed by atoms with E-state index in [9.17, 15) is 5.11 Å². The predicted octanol–water partition coefficient (Wildman–Crippen LogP) is 0.806. The van der Waals surface area contributed by atoms with Gasteiger partial charge in [-0.2, -0.15) is 0 Å². The Kier molecular flexibility index (Phi) is 3.64. The highest BCUT2D eigenvalue weighted by atomic mass is 16.5. The summed E-state index contributed by atoms with van der Waals surface area (Å²) in [6.07, 6.45) is 0. The van der Waals surface area contributed by atoms with Crippen LogP contribution in [0.25, 0.3) is 0 Å². The molecule has 0 aromatic heterocycles. The van der Waals surface area contributed by atoms with Crippen molar-refractivity contribution in [2.75, 3.05) is 33.3 Å². The van der Waals surface area contributed by atoms with E-state index in [0.29, 0.717) is 5.75 Å². The van der Waals surface area contributed by atoms with E-state index in [0.717, 1.165) is 38.3 Å². The molecule has 1 heterocycles. The first-order valence-electron chi connectivity index (χ1n) is 5.58. The standard InChI is InChI=1S/C12H18N2O2/c1-16-12-7-10(6-11(15)8-12)9-14-4-2-13-3-5-14/h6-8,13,15H,2-5,9H2,1H3. The van der Waals surface area contributed by atoms with Crippen LogP contribution in [0, 0.1) is 0 Å². The van der Waals surface area contributed by atoms with Crippen molar-refractivity contribution in [3.8, 4) is 11.5 Å². The van der Waals surface area contributed by atoms with Crippen molar-refractivity contribution < 1.29 is 9.84 Å². The van der Waals surface area contributed by atoms with Crippen LogP contribution < -0.4 is 10.1 Å². The van der Waals surface area contributed by atoms with E-state index in [2.05, 4.69) is 10.2 Å². The third kappa shape index (κ3) is 2.87. The third-order valence-corrected chi connectivity index (χ3v) is 2.80. The Morgan fingerprint density at radius 3 is 2.75 bits per heavy atom. The minimum Gasteiger partial charge on any atom is -0.508 e. The van der Waals surface area contributed by atoms with Crippen molar-refractivity contribution in [1.82, 2.24) is 10.2 Å². The number of ether oxygens (including phenoxy) is 1. The lowest BCUT2D eigenvalue weighted by Crippen LogP contribution is -2.42. The number of aromatic hydroxyl groups is 1. The molecule has 0 atom stereocenters. The average molecular weight is 222 g/mol. The first-order chi connectivity index (χ1) is 7.78. The minimum absolute atomic E-state index is 0.268. The molecule has 0 radical (unpaired) electrons. The lowest BCUT2D eigenvalue weighted by Gasteiger charge is -2.27. The van der Waals surface area contributed by atoms with Crippen LogP contribution in [0.5, 0.6) is 11.5 Å². The van der Waals surface area contributed by atoms with E-state index in [1.807, 2.05) is 6.07 Å². The van der Waals surface area contributed by atoms with Gasteiger partial charge in [0.1, 0.15) is 11.5 Å². The number of nitrogens with zero attached hydrogens (tertiary/aromatic N) is 1. The van der Waals surface area contributed by atoms with Gasteiger partial charge in [-0.3, -0.25) is 4.90 Å². The van der Waals surface area contributed by atoms with Gasteiger partial charge < -0.3 is 15.2 Å². The number of hydrogen-bond donors (Lipinski definition) is 2. The molecule has 0 bridgehead atoms. The van der Waals surface area contributed by atoms with Crippen LogP contribution in [0.2, 0.25) is 0 Å². The van der Waals surface area contributed by atoms with Gasteiger partial charge in [0.05, 0.1) is 7.11 Å². The second-order valence-corrected chi connectivity index (χ2v) is 4.07. The molecule has 4 heteroatoms. The van der Waals surface area contributed by atoms with Gasteiger partial charge in [0, 0.05) is 38.8 Å². The second kappa shape index (κ2) is 5.18. The summed E-state index contributed by atoms with van der Waals surface area (Å²) in [6, 6.07) is 5.40. The maximum Gasteiger partial charge on any atom is 0.122 e. The molecule has 16 heavy (non-hydrogen) atoms. The Morgan fingerprint density at radius 1 is 1.31 bits per heavy atom. The summed E-state index contributed by atoms with van der Waals surface area (Å²) in [6.45, 7) is 5.05. The largest absolute Gasteiger partial charge is 0.508 e. The lowest BCUT2D eigenvalue weighted by atomic mass is 10.2. The zero-order chi connectivity index (χ0) is 11.4. The van der Waals surface area contributed by atoms with Gasteiger partial charge in [-0.25, -0.2) is 0 Å². The Hall–Kier alpha value is -1.26. The maximum absolute atomic E-state index is 9.54. The topological polar surface area (TPSA) is 44.7 Å². The van der Waals surface area contributed by atoms with Gasteiger partial charge in [0.25, 0.3) is 0 Å². The van der Waals surface area contributed by atoms with E-state index in [1.165, 1.54) is 0 Å². The van der Waals surface area contributed by atoms with E-state index in [-0.39, 0.29) is 5.75 Å². The molecule has 0 saturated carbocycles. The Balaban J connectivity index is 2.04. The molecule has 0 aliphatic carbocycles. The SMILES string of the molecule is COc1cc(O)cc(CN2CCNCC2)c1. The lowest BCUT2D eigenvalue weighted by molar-refractivity contribution is 0.232. The maximum atomic E-state index is 9.54. The molecule has 1 saturated heterocycles. The molecule has 1 aliphatic heterocycles. The Bertz CT molecular complexity index is 349. The molecular weight excluding hydrogens is 204 g/mol. The molecule has 1 fully saturated rings. The van der Waals surface area contributed by atoms with E-state index in [1.54, 1.807) is 19.2 Å². The van der Waals surface area contributed by atoms with Crippen LogP contribution >= 0.6 is 0 Å². The molecule has 0 amide bonds. The Labute approximate surface area is 95.8 Å². The molecule has 1 aromatic carbocycles. The van der Waals surface area contributed by atoms with Crippen molar-refractivity contribution in [2.45, 2.75) is 6.54 Å². The van der Waals surface area contributed by atoms with Crippen LogP contribution in [0.4, 0.5) is 0 Å². The fourth-order valence-corrected chi connectivity index (χ4v) is 1.98. The van der Waals surface area contributed by atoms with Crippen molar-refractivity contribution in [1.29, 1.82) is 0 Å². The molecule has 4 nitrogen and oxygen atoms in total. The highest BCUT2D eigenvalue weighted by Crippen LogP contribution is 2.22. The number of benzene rings is 1. The van der Waals surface area contributed by atoms with Gasteiger partial charge in [0.15, 0.2) is 0 Å². The van der Waals surface area contributed by atoms with Crippen molar-refractivity contribution >= 4 is 0 Å². The summed E-state index contributed by atoms with van der Waals surface area (Å²) in [5.41, 5.74) is 1.10. The van der Waals surface area contributed by atoms with Crippen LogP contribution in [0.15, 0.2) is 18.2 Å². The number of rotatable bonds is 3. The fraction of sp³-hybridized carbons (Fsp3) is 0.500. The van der Waals surface area contributed by atoms with Gasteiger partial charge in [-0.15, -0.1) is 0 Å². The molecule has 1 aliphatic rings. The summed E-state index contributed by atoms with van der Waals surface area (Å²) >= 11 is 0. The quantitative estimate of drug-likeness (QED) is 0.794. The number of phenolic OH excluding ortho intramolecular Hbond substituents is 1. The van der Waals surface area contributed by atoms with Crippen LogP contribution in [-0.4, -0.2) is 43.3 Å². The van der Waals surface area contributed by atoms with Gasteiger partial charge in [-0.1, -0.05) is 0 Å². The first-order valence-corrected chi connectivity index (χ1v) is 5.58. The number of piperazine rings is 1. The van der Waals surface area contributed by atoms with E-state index < -0.39 is 0 Å². The highest BCUT2D eigenvalue weighted by molar-refractivity contribution is 5.37. The molecule has 1 aromatic rings. The van der Waals surface area contributed by atoms with Gasteiger partial charge in [0.2, 0.25) is 0 Å². The smallest absolute Gasteiger partial charge is 0.122 e. The predicted molar refractivity (Wildman–Crippen MR) is 62.8 cm³/mol. The van der Waals surface area contributed by atoms with Crippen molar-refractivity contribution in [2.24, 2.45) is 0 Å².